The third kappa shape index (κ3) is 4.67. The molecule has 1 fully saturated rings. The number of para-hydroxylation sites is 2. The van der Waals surface area contributed by atoms with Crippen molar-refractivity contribution in [3.63, 3.8) is 0 Å². The highest BCUT2D eigenvalue weighted by Gasteiger charge is 2.30. The molecule has 0 atom stereocenters. The number of aromatic amines is 2. The van der Waals surface area contributed by atoms with Crippen LogP contribution < -0.4 is 5.56 Å². The van der Waals surface area contributed by atoms with Crippen molar-refractivity contribution in [2.45, 2.75) is 38.8 Å². The second kappa shape index (κ2) is 9.33. The Balaban J connectivity index is 1.48. The van der Waals surface area contributed by atoms with Crippen molar-refractivity contribution in [3.8, 4) is 17.2 Å². The minimum Gasteiger partial charge on any atom is -0.343 e. The number of fused-ring (bicyclic) bond motifs is 1. The van der Waals surface area contributed by atoms with Crippen LogP contribution in [0.1, 0.15) is 37.3 Å². The largest absolute Gasteiger partial charge is 0.416 e. The van der Waals surface area contributed by atoms with Crippen LogP contribution in [0.4, 0.5) is 13.2 Å². The molecule has 10 heteroatoms. The Kier molecular flexibility index (Phi) is 6.19. The van der Waals surface area contributed by atoms with E-state index in [2.05, 4.69) is 15.1 Å². The summed E-state index contributed by atoms with van der Waals surface area (Å²) in [4.78, 5) is 34.6. The van der Waals surface area contributed by atoms with Gasteiger partial charge in [-0.1, -0.05) is 24.3 Å². The van der Waals surface area contributed by atoms with E-state index in [-0.39, 0.29) is 11.5 Å². The van der Waals surface area contributed by atoms with E-state index in [9.17, 15) is 22.8 Å². The zero-order valence-corrected chi connectivity index (χ0v) is 19.7. The first-order chi connectivity index (χ1) is 17.2. The summed E-state index contributed by atoms with van der Waals surface area (Å²) in [7, 11) is 0. The summed E-state index contributed by atoms with van der Waals surface area (Å²) in [5.41, 5.74) is 1.91. The SMILES string of the molecule is CC(=O)N1CCC(CCc2c(-c3ccc(C(F)(F)F)cc3)[nH]n(-c3nc4ccccc4[nH]3)c2=O)CC1. The van der Waals surface area contributed by atoms with E-state index >= 15 is 0 Å². The minimum atomic E-state index is -4.44. The van der Waals surface area contributed by atoms with Crippen LogP contribution in [0.2, 0.25) is 0 Å². The number of hydrogen-bond donors (Lipinski definition) is 2. The second-order valence-electron chi connectivity index (χ2n) is 9.25. The monoisotopic (exact) mass is 497 g/mol. The van der Waals surface area contributed by atoms with E-state index in [1.807, 2.05) is 29.2 Å². The van der Waals surface area contributed by atoms with E-state index in [0.717, 1.165) is 36.9 Å². The van der Waals surface area contributed by atoms with Gasteiger partial charge in [0.1, 0.15) is 0 Å². The van der Waals surface area contributed by atoms with Crippen LogP contribution in [-0.4, -0.2) is 43.6 Å². The standard InChI is InChI=1S/C26H26F3N5O2/c1-16(35)33-14-12-17(13-15-33)6-11-20-23(18-7-9-19(10-8-18)26(27,28)29)32-34(24(20)36)25-30-21-4-2-3-5-22(21)31-25/h2-5,7-10,17,32H,6,11-15H2,1H3,(H,30,31). The highest BCUT2D eigenvalue weighted by Crippen LogP contribution is 2.32. The lowest BCUT2D eigenvalue weighted by Gasteiger charge is -2.31. The summed E-state index contributed by atoms with van der Waals surface area (Å²) in [6.45, 7) is 2.96. The number of aromatic nitrogens is 4. The molecular weight excluding hydrogens is 471 g/mol. The highest BCUT2D eigenvalue weighted by atomic mass is 19.4. The first kappa shape index (κ1) is 23.9. The number of carbonyl (C=O) groups is 1. The third-order valence-corrected chi connectivity index (χ3v) is 6.94. The van der Waals surface area contributed by atoms with Crippen molar-refractivity contribution in [2.75, 3.05) is 13.1 Å². The molecule has 0 aliphatic carbocycles. The molecular formula is C26H26F3N5O2. The smallest absolute Gasteiger partial charge is 0.343 e. The summed E-state index contributed by atoms with van der Waals surface area (Å²) in [6.07, 6.45) is -1.52. The van der Waals surface area contributed by atoms with Gasteiger partial charge in [0.25, 0.3) is 5.56 Å². The summed E-state index contributed by atoms with van der Waals surface area (Å²) >= 11 is 0. The van der Waals surface area contributed by atoms with Gasteiger partial charge in [0.05, 0.1) is 22.3 Å². The molecule has 188 valence electrons. The van der Waals surface area contributed by atoms with E-state index < -0.39 is 11.7 Å². The van der Waals surface area contributed by atoms with Crippen LogP contribution in [0.25, 0.3) is 28.2 Å². The molecule has 1 aliphatic heterocycles. The van der Waals surface area contributed by atoms with Crippen LogP contribution in [0.15, 0.2) is 53.3 Å². The van der Waals surface area contributed by atoms with Crippen LogP contribution in [0.5, 0.6) is 0 Å². The van der Waals surface area contributed by atoms with Gasteiger partial charge < -0.3 is 9.88 Å². The molecule has 0 radical (unpaired) electrons. The molecule has 2 N–H and O–H groups in total. The predicted molar refractivity (Wildman–Crippen MR) is 130 cm³/mol. The van der Waals surface area contributed by atoms with Gasteiger partial charge in [0.2, 0.25) is 11.9 Å². The topological polar surface area (TPSA) is 86.8 Å². The van der Waals surface area contributed by atoms with Crippen LogP contribution in [0, 0.1) is 5.92 Å². The second-order valence-corrected chi connectivity index (χ2v) is 9.25. The van der Waals surface area contributed by atoms with E-state index in [4.69, 9.17) is 0 Å². The zero-order valence-electron chi connectivity index (χ0n) is 19.7. The fourth-order valence-corrected chi connectivity index (χ4v) is 4.85. The molecule has 2 aromatic heterocycles. The summed E-state index contributed by atoms with van der Waals surface area (Å²) in [5.74, 6) is 0.739. The number of carbonyl (C=O) groups excluding carboxylic acids is 1. The van der Waals surface area contributed by atoms with Crippen LogP contribution in [-0.2, 0) is 17.4 Å². The molecule has 0 saturated carbocycles. The molecule has 7 nitrogen and oxygen atoms in total. The number of piperidine rings is 1. The normalized spacial score (nSPS) is 15.1. The Labute approximate surface area is 204 Å². The average molecular weight is 498 g/mol. The first-order valence-electron chi connectivity index (χ1n) is 11.9. The van der Waals surface area contributed by atoms with Gasteiger partial charge in [-0.05, 0) is 61.4 Å². The molecule has 1 aliphatic rings. The molecule has 5 rings (SSSR count). The number of H-pyrrole nitrogens is 2. The number of nitrogens with zero attached hydrogens (tertiary/aromatic N) is 3. The number of nitrogens with one attached hydrogen (secondary N) is 2. The fourth-order valence-electron chi connectivity index (χ4n) is 4.85. The van der Waals surface area contributed by atoms with E-state index in [1.165, 1.54) is 16.8 Å². The van der Waals surface area contributed by atoms with Gasteiger partial charge in [-0.2, -0.15) is 17.9 Å². The average Bonchev–Trinajstić information content (AvgIpc) is 3.43. The molecule has 0 spiro atoms. The van der Waals surface area contributed by atoms with Gasteiger partial charge in [0, 0.05) is 25.6 Å². The lowest BCUT2D eigenvalue weighted by Crippen LogP contribution is -2.37. The van der Waals surface area contributed by atoms with E-state index in [0.29, 0.717) is 53.7 Å². The number of alkyl halides is 3. The Morgan fingerprint density at radius 1 is 1.08 bits per heavy atom. The van der Waals surface area contributed by atoms with E-state index in [1.54, 1.807) is 6.92 Å². The van der Waals surface area contributed by atoms with Gasteiger partial charge in [-0.25, -0.2) is 4.98 Å². The Morgan fingerprint density at radius 3 is 2.42 bits per heavy atom. The van der Waals surface area contributed by atoms with Crippen molar-refractivity contribution < 1.29 is 18.0 Å². The third-order valence-electron chi connectivity index (χ3n) is 6.94. The first-order valence-corrected chi connectivity index (χ1v) is 11.9. The van der Waals surface area contributed by atoms with Gasteiger partial charge in [0.15, 0.2) is 0 Å². The molecule has 0 bridgehead atoms. The number of likely N-dealkylation sites (tertiary alicyclic amines) is 1. The number of benzene rings is 2. The quantitative estimate of drug-likeness (QED) is 0.410. The molecule has 4 aromatic rings. The number of imidazole rings is 1. The van der Waals surface area contributed by atoms with Crippen molar-refractivity contribution in [2.24, 2.45) is 5.92 Å². The predicted octanol–water partition coefficient (Wildman–Crippen LogP) is 4.92. The summed E-state index contributed by atoms with van der Waals surface area (Å²) < 4.78 is 40.6. The van der Waals surface area contributed by atoms with Crippen molar-refractivity contribution in [1.82, 2.24) is 24.6 Å². The lowest BCUT2D eigenvalue weighted by molar-refractivity contribution is -0.137. The molecule has 1 amide bonds. The van der Waals surface area contributed by atoms with Gasteiger partial charge in [-0.3, -0.25) is 14.7 Å². The van der Waals surface area contributed by atoms with Crippen molar-refractivity contribution in [1.29, 1.82) is 0 Å². The summed E-state index contributed by atoms with van der Waals surface area (Å²) in [6, 6.07) is 12.2. The molecule has 36 heavy (non-hydrogen) atoms. The zero-order chi connectivity index (χ0) is 25.4. The van der Waals surface area contributed by atoms with Gasteiger partial charge >= 0.3 is 6.18 Å². The van der Waals surface area contributed by atoms with Gasteiger partial charge in [-0.15, -0.1) is 0 Å². The molecule has 1 saturated heterocycles. The number of amides is 1. The van der Waals surface area contributed by atoms with Crippen molar-refractivity contribution >= 4 is 16.9 Å². The number of halogens is 3. The Hall–Kier alpha value is -3.82. The lowest BCUT2D eigenvalue weighted by atomic mass is 9.90. The maximum atomic E-state index is 13.5. The Morgan fingerprint density at radius 2 is 1.78 bits per heavy atom. The highest BCUT2D eigenvalue weighted by molar-refractivity contribution is 5.76. The fraction of sp³-hybridized carbons (Fsp3) is 0.346. The molecule has 2 aromatic carbocycles. The maximum absolute atomic E-state index is 13.5. The number of hydrogen-bond acceptors (Lipinski definition) is 3. The Bertz CT molecular complexity index is 1410. The number of rotatable bonds is 5. The minimum absolute atomic E-state index is 0.0670. The van der Waals surface area contributed by atoms with Crippen LogP contribution in [0.3, 0.4) is 0 Å². The van der Waals surface area contributed by atoms with Crippen molar-refractivity contribution in [3.05, 3.63) is 70.0 Å². The van der Waals surface area contributed by atoms with Crippen LogP contribution >= 0.6 is 0 Å². The maximum Gasteiger partial charge on any atom is 0.416 e. The molecule has 0 unspecified atom stereocenters. The summed E-state index contributed by atoms with van der Waals surface area (Å²) in [5, 5.41) is 3.09. The molecule has 3 heterocycles.